The number of ether oxygens (including phenoxy) is 2. The fraction of sp³-hybridized carbons (Fsp3) is 0.214. The summed E-state index contributed by atoms with van der Waals surface area (Å²) in [5, 5.41) is 0.477. The molecular formula is C28H25NO5. The third kappa shape index (κ3) is 3.76. The van der Waals surface area contributed by atoms with E-state index in [0.29, 0.717) is 41.2 Å². The molecule has 0 saturated carbocycles. The monoisotopic (exact) mass is 455 g/mol. The number of carbonyl (C=O) groups is 1. The fourth-order valence-electron chi connectivity index (χ4n) is 4.42. The Bertz CT molecular complexity index is 1440. The smallest absolute Gasteiger partial charge is 0.290 e. The van der Waals surface area contributed by atoms with Crippen LogP contribution in [0.1, 0.15) is 38.9 Å². The van der Waals surface area contributed by atoms with Crippen LogP contribution in [0, 0.1) is 13.8 Å². The van der Waals surface area contributed by atoms with Crippen LogP contribution in [0.15, 0.2) is 75.9 Å². The largest absolute Gasteiger partial charge is 0.457 e. The maximum absolute atomic E-state index is 13.7. The molecule has 0 spiro atoms. The number of rotatable bonds is 6. The highest BCUT2D eigenvalue weighted by atomic mass is 16.5. The Balaban J connectivity index is 1.66. The van der Waals surface area contributed by atoms with Crippen LogP contribution in [0.4, 0.5) is 0 Å². The molecule has 1 aromatic heterocycles. The summed E-state index contributed by atoms with van der Waals surface area (Å²) in [7, 11) is 1.58. The lowest BCUT2D eigenvalue weighted by atomic mass is 9.97. The zero-order valence-electron chi connectivity index (χ0n) is 19.3. The predicted molar refractivity (Wildman–Crippen MR) is 130 cm³/mol. The first-order valence-electron chi connectivity index (χ1n) is 11.2. The van der Waals surface area contributed by atoms with Gasteiger partial charge in [-0.15, -0.1) is 0 Å². The Kier molecular flexibility index (Phi) is 5.67. The third-order valence-electron chi connectivity index (χ3n) is 6.27. The van der Waals surface area contributed by atoms with Crippen molar-refractivity contribution in [3.8, 4) is 11.5 Å². The first-order chi connectivity index (χ1) is 16.5. The summed E-state index contributed by atoms with van der Waals surface area (Å²) in [6.45, 7) is 4.57. The highest BCUT2D eigenvalue weighted by Gasteiger charge is 2.42. The molecule has 0 N–H and O–H groups in total. The van der Waals surface area contributed by atoms with Crippen molar-refractivity contribution >= 4 is 16.9 Å². The lowest BCUT2D eigenvalue weighted by Crippen LogP contribution is -2.32. The van der Waals surface area contributed by atoms with E-state index in [-0.39, 0.29) is 17.1 Å². The minimum absolute atomic E-state index is 0.0937. The lowest BCUT2D eigenvalue weighted by molar-refractivity contribution is 0.0663. The van der Waals surface area contributed by atoms with Gasteiger partial charge in [-0.05, 0) is 66.9 Å². The molecule has 1 amide bonds. The summed E-state index contributed by atoms with van der Waals surface area (Å²) < 4.78 is 17.3. The second-order valence-electron chi connectivity index (χ2n) is 8.49. The highest BCUT2D eigenvalue weighted by Crippen LogP contribution is 2.39. The van der Waals surface area contributed by atoms with E-state index in [1.54, 1.807) is 12.0 Å². The van der Waals surface area contributed by atoms with E-state index in [1.165, 1.54) is 0 Å². The molecule has 0 fully saturated rings. The van der Waals surface area contributed by atoms with E-state index < -0.39 is 6.04 Å². The van der Waals surface area contributed by atoms with Crippen LogP contribution in [0.3, 0.4) is 0 Å². The number of aryl methyl sites for hydroxylation is 2. The summed E-state index contributed by atoms with van der Waals surface area (Å²) in [4.78, 5) is 28.8. The molecule has 0 bridgehead atoms. The van der Waals surface area contributed by atoms with Gasteiger partial charge in [-0.25, -0.2) is 0 Å². The van der Waals surface area contributed by atoms with Gasteiger partial charge in [-0.1, -0.05) is 30.3 Å². The van der Waals surface area contributed by atoms with Crippen molar-refractivity contribution in [2.45, 2.75) is 19.9 Å². The van der Waals surface area contributed by atoms with Crippen molar-refractivity contribution in [3.05, 3.63) is 105 Å². The minimum atomic E-state index is -0.598. The molecule has 1 aliphatic rings. The standard InChI is InChI=1S/C28H25NO5/c1-17-14-22-23(15-18(17)2)34-27-24(26(22)30)25(29(28(27)31)12-13-32-3)19-8-7-11-21(16-19)33-20-9-5-4-6-10-20/h4-11,14-16,25H,12-13H2,1-3H3. The number of amides is 1. The van der Waals surface area contributed by atoms with Crippen LogP contribution < -0.4 is 10.2 Å². The van der Waals surface area contributed by atoms with E-state index in [0.717, 1.165) is 16.7 Å². The van der Waals surface area contributed by atoms with Crippen LogP contribution in [0.5, 0.6) is 11.5 Å². The van der Waals surface area contributed by atoms with Crippen LogP contribution in [0.2, 0.25) is 0 Å². The van der Waals surface area contributed by atoms with Gasteiger partial charge in [0.1, 0.15) is 17.1 Å². The fourth-order valence-corrected chi connectivity index (χ4v) is 4.42. The molecule has 0 aliphatic carbocycles. The minimum Gasteiger partial charge on any atom is -0.457 e. The van der Waals surface area contributed by atoms with E-state index >= 15 is 0 Å². The number of benzene rings is 3. The molecule has 5 rings (SSSR count). The predicted octanol–water partition coefficient (Wildman–Crippen LogP) is 5.39. The number of carbonyl (C=O) groups excluding carboxylic acids is 1. The quantitative estimate of drug-likeness (QED) is 0.390. The molecule has 1 aliphatic heterocycles. The molecule has 1 unspecified atom stereocenters. The van der Waals surface area contributed by atoms with Crippen molar-refractivity contribution in [3.63, 3.8) is 0 Å². The zero-order valence-corrected chi connectivity index (χ0v) is 19.3. The Morgan fingerprint density at radius 1 is 0.912 bits per heavy atom. The van der Waals surface area contributed by atoms with Gasteiger partial charge in [0.15, 0.2) is 5.43 Å². The first kappa shape index (κ1) is 21.9. The van der Waals surface area contributed by atoms with E-state index in [9.17, 15) is 9.59 Å². The van der Waals surface area contributed by atoms with Gasteiger partial charge in [0, 0.05) is 13.7 Å². The van der Waals surface area contributed by atoms with Gasteiger partial charge in [0.2, 0.25) is 5.76 Å². The number of nitrogens with zero attached hydrogens (tertiary/aromatic N) is 1. The molecule has 6 nitrogen and oxygen atoms in total. The highest BCUT2D eigenvalue weighted by molar-refractivity contribution is 5.99. The Morgan fingerprint density at radius 3 is 2.41 bits per heavy atom. The third-order valence-corrected chi connectivity index (χ3v) is 6.27. The molecule has 6 heteroatoms. The van der Waals surface area contributed by atoms with Gasteiger partial charge in [0.25, 0.3) is 5.91 Å². The second kappa shape index (κ2) is 8.80. The average Bonchev–Trinajstić information content (AvgIpc) is 3.11. The topological polar surface area (TPSA) is 69.0 Å². The Morgan fingerprint density at radius 2 is 1.65 bits per heavy atom. The van der Waals surface area contributed by atoms with Crippen LogP contribution in [-0.4, -0.2) is 31.1 Å². The van der Waals surface area contributed by atoms with Gasteiger partial charge < -0.3 is 18.8 Å². The summed E-state index contributed by atoms with van der Waals surface area (Å²) >= 11 is 0. The number of hydrogen-bond donors (Lipinski definition) is 0. The molecule has 2 heterocycles. The summed E-state index contributed by atoms with van der Waals surface area (Å²) in [6, 6.07) is 20.0. The van der Waals surface area contributed by atoms with Gasteiger partial charge in [0.05, 0.1) is 23.6 Å². The van der Waals surface area contributed by atoms with Crippen LogP contribution in [0.25, 0.3) is 11.0 Å². The maximum atomic E-state index is 13.7. The van der Waals surface area contributed by atoms with E-state index in [1.807, 2.05) is 80.6 Å². The molecular weight excluding hydrogens is 430 g/mol. The molecule has 0 radical (unpaired) electrons. The van der Waals surface area contributed by atoms with E-state index in [2.05, 4.69) is 0 Å². The molecule has 34 heavy (non-hydrogen) atoms. The zero-order chi connectivity index (χ0) is 23.8. The van der Waals surface area contributed by atoms with Crippen molar-refractivity contribution < 1.29 is 18.7 Å². The molecule has 4 aromatic rings. The number of methoxy groups -OCH3 is 1. The average molecular weight is 456 g/mol. The summed E-state index contributed by atoms with van der Waals surface area (Å²) in [5.41, 5.74) is 3.36. The number of para-hydroxylation sites is 1. The normalized spacial score (nSPS) is 15.1. The second-order valence-corrected chi connectivity index (χ2v) is 8.49. The number of hydrogen-bond acceptors (Lipinski definition) is 5. The summed E-state index contributed by atoms with van der Waals surface area (Å²) in [6.07, 6.45) is 0. The van der Waals surface area contributed by atoms with Gasteiger partial charge in [-0.2, -0.15) is 0 Å². The van der Waals surface area contributed by atoms with Crippen LogP contribution in [-0.2, 0) is 4.74 Å². The molecule has 0 saturated heterocycles. The summed E-state index contributed by atoms with van der Waals surface area (Å²) in [5.74, 6) is 1.10. The SMILES string of the molecule is COCCN1C(=O)c2oc3cc(C)c(C)cc3c(=O)c2C1c1cccc(Oc2ccccc2)c1. The van der Waals surface area contributed by atoms with Gasteiger partial charge >= 0.3 is 0 Å². The Hall–Kier alpha value is -3.90. The van der Waals surface area contributed by atoms with Crippen molar-refractivity contribution in [1.29, 1.82) is 0 Å². The maximum Gasteiger partial charge on any atom is 0.290 e. The van der Waals surface area contributed by atoms with Crippen LogP contribution >= 0.6 is 0 Å². The number of fused-ring (bicyclic) bond motifs is 2. The lowest BCUT2D eigenvalue weighted by Gasteiger charge is -2.25. The Labute approximate surface area is 197 Å². The molecule has 1 atom stereocenters. The van der Waals surface area contributed by atoms with Crippen molar-refractivity contribution in [2.75, 3.05) is 20.3 Å². The molecule has 3 aromatic carbocycles. The first-order valence-corrected chi connectivity index (χ1v) is 11.2. The van der Waals surface area contributed by atoms with Crippen molar-refractivity contribution in [2.24, 2.45) is 0 Å². The van der Waals surface area contributed by atoms with Gasteiger partial charge in [-0.3, -0.25) is 9.59 Å². The van der Waals surface area contributed by atoms with E-state index in [4.69, 9.17) is 13.9 Å². The molecule has 172 valence electrons. The van der Waals surface area contributed by atoms with Crippen molar-refractivity contribution in [1.82, 2.24) is 4.90 Å².